The molecule has 1 aromatic heterocycles. The van der Waals surface area contributed by atoms with Gasteiger partial charge in [-0.05, 0) is 0 Å². The molecular weight excluding hydrogens is 272 g/mol. The van der Waals surface area contributed by atoms with Crippen molar-refractivity contribution in [1.29, 1.82) is 0 Å². The molecule has 15 heavy (non-hydrogen) atoms. The van der Waals surface area contributed by atoms with E-state index < -0.39 is 6.43 Å². The lowest BCUT2D eigenvalue weighted by atomic mass is 10.2. The molecule has 0 N–H and O–H groups in total. The Balaban J connectivity index is 3.27. The molecule has 1 aromatic rings. The summed E-state index contributed by atoms with van der Waals surface area (Å²) >= 11 is 3.15. The van der Waals surface area contributed by atoms with Crippen LogP contribution in [0.1, 0.15) is 17.8 Å². The lowest BCUT2D eigenvalue weighted by molar-refractivity contribution is 0.141. The highest BCUT2D eigenvalue weighted by molar-refractivity contribution is 9.08. The van der Waals surface area contributed by atoms with Crippen LogP contribution in [-0.2, 0) is 5.33 Å². The molecule has 0 saturated heterocycles. The van der Waals surface area contributed by atoms with Gasteiger partial charge in [-0.25, -0.2) is 13.8 Å². The summed E-state index contributed by atoms with van der Waals surface area (Å²) in [6.45, 7) is 0. The van der Waals surface area contributed by atoms with Gasteiger partial charge in [0.05, 0.1) is 19.9 Å². The highest BCUT2D eigenvalue weighted by Crippen LogP contribution is 2.32. The van der Waals surface area contributed by atoms with E-state index in [0.717, 1.165) is 0 Å². The van der Waals surface area contributed by atoms with Crippen molar-refractivity contribution in [3.63, 3.8) is 0 Å². The molecule has 0 saturated carbocycles. The van der Waals surface area contributed by atoms with E-state index in [-0.39, 0.29) is 11.4 Å². The molecule has 1 rings (SSSR count). The normalized spacial score (nSPS) is 10.5. The van der Waals surface area contributed by atoms with Gasteiger partial charge in [0.15, 0.2) is 0 Å². The van der Waals surface area contributed by atoms with E-state index in [1.807, 2.05) is 0 Å². The number of hydrogen-bond acceptors (Lipinski definition) is 3. The van der Waals surface area contributed by atoms with Crippen molar-refractivity contribution in [3.8, 4) is 11.5 Å². The Bertz CT molecular complexity index is 347. The fourth-order valence-corrected chi connectivity index (χ4v) is 1.53. The molecule has 0 atom stereocenters. The minimum Gasteiger partial charge on any atom is -0.495 e. The maximum atomic E-state index is 12.6. The molecule has 84 valence electrons. The third kappa shape index (κ3) is 2.56. The Morgan fingerprint density at radius 2 is 1.93 bits per heavy atom. The molecule has 0 aliphatic heterocycles. The topological polar surface area (TPSA) is 31.4 Å². The first kappa shape index (κ1) is 12.2. The van der Waals surface area contributed by atoms with Gasteiger partial charge in [0.2, 0.25) is 0 Å². The molecule has 0 aromatic carbocycles. The van der Waals surface area contributed by atoms with Crippen molar-refractivity contribution in [2.45, 2.75) is 11.8 Å². The molecule has 1 heterocycles. The number of rotatable bonds is 4. The maximum absolute atomic E-state index is 12.6. The first-order chi connectivity index (χ1) is 7.13. The molecule has 0 aliphatic rings. The molecule has 6 heteroatoms. The predicted molar refractivity (Wildman–Crippen MR) is 54.9 cm³/mol. The number of alkyl halides is 3. The van der Waals surface area contributed by atoms with Crippen LogP contribution in [0.5, 0.6) is 11.5 Å². The zero-order chi connectivity index (χ0) is 11.4. The van der Waals surface area contributed by atoms with Gasteiger partial charge in [-0.15, -0.1) is 0 Å². The van der Waals surface area contributed by atoms with E-state index >= 15 is 0 Å². The molecule has 0 aliphatic carbocycles. The minimum absolute atomic E-state index is 0.0338. The highest BCUT2D eigenvalue weighted by Gasteiger charge is 2.19. The molecule has 0 bridgehead atoms. The van der Waals surface area contributed by atoms with E-state index in [1.54, 1.807) is 0 Å². The average molecular weight is 282 g/mol. The molecule has 3 nitrogen and oxygen atoms in total. The molecule has 0 fully saturated rings. The van der Waals surface area contributed by atoms with Crippen LogP contribution < -0.4 is 9.47 Å². The summed E-state index contributed by atoms with van der Waals surface area (Å²) in [5.74, 6) is 0.458. The standard InChI is InChI=1S/C9H10BrF2NO2/c1-14-6-3-7(15-2)8(9(11)12)13-5(6)4-10/h3,9H,4H2,1-2H3. The smallest absolute Gasteiger partial charge is 0.284 e. The van der Waals surface area contributed by atoms with Gasteiger partial charge in [0, 0.05) is 11.4 Å². The first-order valence-electron chi connectivity index (χ1n) is 4.10. The van der Waals surface area contributed by atoms with Crippen molar-refractivity contribution in [3.05, 3.63) is 17.5 Å². The van der Waals surface area contributed by atoms with Gasteiger partial charge in [0.25, 0.3) is 6.43 Å². The van der Waals surface area contributed by atoms with E-state index in [4.69, 9.17) is 9.47 Å². The van der Waals surface area contributed by atoms with Crippen LogP contribution in [0, 0.1) is 0 Å². The van der Waals surface area contributed by atoms with E-state index in [2.05, 4.69) is 20.9 Å². The molecule has 0 amide bonds. The van der Waals surface area contributed by atoms with E-state index in [9.17, 15) is 8.78 Å². The summed E-state index contributed by atoms with van der Waals surface area (Å²) in [5, 5.41) is 0.347. The zero-order valence-electron chi connectivity index (χ0n) is 8.26. The summed E-state index contributed by atoms with van der Waals surface area (Å²) in [7, 11) is 2.76. The second-order valence-electron chi connectivity index (χ2n) is 2.66. The number of hydrogen-bond donors (Lipinski definition) is 0. The predicted octanol–water partition coefficient (Wildman–Crippen LogP) is 2.93. The number of ether oxygens (including phenoxy) is 2. The van der Waals surface area contributed by atoms with Crippen molar-refractivity contribution in [1.82, 2.24) is 4.98 Å². The maximum Gasteiger partial charge on any atom is 0.284 e. The fourth-order valence-electron chi connectivity index (χ4n) is 1.12. The average Bonchev–Trinajstić information content (AvgIpc) is 2.26. The van der Waals surface area contributed by atoms with Crippen LogP contribution in [0.3, 0.4) is 0 Å². The molecule has 0 radical (unpaired) electrons. The van der Waals surface area contributed by atoms with Gasteiger partial charge >= 0.3 is 0 Å². The first-order valence-corrected chi connectivity index (χ1v) is 5.22. The monoisotopic (exact) mass is 281 g/mol. The van der Waals surface area contributed by atoms with Crippen LogP contribution in [0.15, 0.2) is 6.07 Å². The van der Waals surface area contributed by atoms with Crippen molar-refractivity contribution in [2.24, 2.45) is 0 Å². The van der Waals surface area contributed by atoms with Gasteiger partial charge in [-0.3, -0.25) is 0 Å². The third-order valence-electron chi connectivity index (χ3n) is 1.83. The Morgan fingerprint density at radius 1 is 1.33 bits per heavy atom. The van der Waals surface area contributed by atoms with E-state index in [1.165, 1.54) is 20.3 Å². The second-order valence-corrected chi connectivity index (χ2v) is 3.22. The van der Waals surface area contributed by atoms with E-state index in [0.29, 0.717) is 16.8 Å². The van der Waals surface area contributed by atoms with Gasteiger partial charge in [0.1, 0.15) is 17.2 Å². The number of halogens is 3. The summed E-state index contributed by atoms with van der Waals surface area (Å²) in [5.41, 5.74) is 0.0568. The second kappa shape index (κ2) is 5.25. The zero-order valence-corrected chi connectivity index (χ0v) is 9.85. The Kier molecular flexibility index (Phi) is 4.26. The Hall–Kier alpha value is -0.910. The number of pyridine rings is 1. The van der Waals surface area contributed by atoms with Crippen molar-refractivity contribution in [2.75, 3.05) is 14.2 Å². The minimum atomic E-state index is -2.66. The van der Waals surface area contributed by atoms with Gasteiger partial charge < -0.3 is 9.47 Å². The van der Waals surface area contributed by atoms with Crippen molar-refractivity contribution >= 4 is 15.9 Å². The van der Waals surface area contributed by atoms with Crippen LogP contribution in [0.25, 0.3) is 0 Å². The van der Waals surface area contributed by atoms with Crippen LogP contribution in [0.2, 0.25) is 0 Å². The molecular formula is C9H10BrF2NO2. The number of aromatic nitrogens is 1. The third-order valence-corrected chi connectivity index (χ3v) is 2.36. The number of nitrogens with zero attached hydrogens (tertiary/aromatic N) is 1. The SMILES string of the molecule is COc1cc(OC)c(C(F)F)nc1CBr. The van der Waals surface area contributed by atoms with Gasteiger partial charge in [-0.2, -0.15) is 0 Å². The lowest BCUT2D eigenvalue weighted by Crippen LogP contribution is -2.02. The Labute approximate surface area is 94.5 Å². The largest absolute Gasteiger partial charge is 0.495 e. The highest BCUT2D eigenvalue weighted by atomic mass is 79.9. The quantitative estimate of drug-likeness (QED) is 0.796. The number of methoxy groups -OCH3 is 2. The van der Waals surface area contributed by atoms with Gasteiger partial charge in [-0.1, -0.05) is 15.9 Å². The Morgan fingerprint density at radius 3 is 2.33 bits per heavy atom. The summed E-state index contributed by atoms with van der Waals surface area (Å²) in [6, 6.07) is 1.41. The summed E-state index contributed by atoms with van der Waals surface area (Å²) < 4.78 is 34.9. The molecule has 0 spiro atoms. The summed E-state index contributed by atoms with van der Waals surface area (Å²) in [4.78, 5) is 3.79. The van der Waals surface area contributed by atoms with Crippen LogP contribution >= 0.6 is 15.9 Å². The fraction of sp³-hybridized carbons (Fsp3) is 0.444. The van der Waals surface area contributed by atoms with Crippen LogP contribution in [-0.4, -0.2) is 19.2 Å². The van der Waals surface area contributed by atoms with Crippen LogP contribution in [0.4, 0.5) is 8.78 Å². The summed E-state index contributed by atoms with van der Waals surface area (Å²) in [6.07, 6.45) is -2.66. The molecule has 0 unspecified atom stereocenters. The lowest BCUT2D eigenvalue weighted by Gasteiger charge is -2.11. The van der Waals surface area contributed by atoms with Crippen molar-refractivity contribution < 1.29 is 18.3 Å².